The zero-order chi connectivity index (χ0) is 15.0. The molecule has 0 spiro atoms. The molecule has 1 heterocycles. The van der Waals surface area contributed by atoms with Crippen molar-refractivity contribution in [2.24, 2.45) is 0 Å². The summed E-state index contributed by atoms with van der Waals surface area (Å²) in [6, 6.07) is 11.4. The molecule has 106 valence electrons. The number of nitrogens with zero attached hydrogens (tertiary/aromatic N) is 2. The molecule has 0 aliphatic heterocycles. The summed E-state index contributed by atoms with van der Waals surface area (Å²) in [6.07, 6.45) is 1.80. The summed E-state index contributed by atoms with van der Waals surface area (Å²) < 4.78 is 16.4. The van der Waals surface area contributed by atoms with Crippen LogP contribution >= 0.6 is 15.9 Å². The Morgan fingerprint density at radius 3 is 2.71 bits per heavy atom. The van der Waals surface area contributed by atoms with Gasteiger partial charge >= 0.3 is 0 Å². The Labute approximate surface area is 128 Å². The Morgan fingerprint density at radius 2 is 2.00 bits per heavy atom. The molecule has 0 atom stereocenters. The van der Waals surface area contributed by atoms with E-state index in [-0.39, 0.29) is 11.5 Å². The predicted octanol–water partition coefficient (Wildman–Crippen LogP) is 4.50. The number of non-ortho nitro benzene ring substituents is 1. The van der Waals surface area contributed by atoms with E-state index in [1.807, 2.05) is 6.07 Å². The zero-order valence-electron chi connectivity index (χ0n) is 10.8. The fourth-order valence-electron chi connectivity index (χ4n) is 2.26. The zero-order valence-corrected chi connectivity index (χ0v) is 12.4. The van der Waals surface area contributed by atoms with Crippen molar-refractivity contribution < 1.29 is 9.31 Å². The lowest BCUT2D eigenvalue weighted by Crippen LogP contribution is -2.00. The summed E-state index contributed by atoms with van der Waals surface area (Å²) in [4.78, 5) is 10.4. The van der Waals surface area contributed by atoms with Crippen LogP contribution in [0.3, 0.4) is 0 Å². The quantitative estimate of drug-likeness (QED) is 0.516. The van der Waals surface area contributed by atoms with Crippen LogP contribution in [0, 0.1) is 15.9 Å². The van der Waals surface area contributed by atoms with Gasteiger partial charge in [-0.15, -0.1) is 0 Å². The van der Waals surface area contributed by atoms with Crippen LogP contribution in [0.5, 0.6) is 0 Å². The van der Waals surface area contributed by atoms with Crippen LogP contribution in [0.1, 0.15) is 5.56 Å². The van der Waals surface area contributed by atoms with Gasteiger partial charge in [-0.2, -0.15) is 0 Å². The first-order valence-electron chi connectivity index (χ1n) is 6.22. The van der Waals surface area contributed by atoms with Gasteiger partial charge in [0.15, 0.2) is 0 Å². The molecule has 0 amide bonds. The van der Waals surface area contributed by atoms with Crippen molar-refractivity contribution in [2.45, 2.75) is 6.54 Å². The molecule has 0 saturated carbocycles. The van der Waals surface area contributed by atoms with Gasteiger partial charge in [0.05, 0.1) is 17.0 Å². The maximum atomic E-state index is 13.9. The molecular weight excluding hydrogens is 339 g/mol. The van der Waals surface area contributed by atoms with Crippen LogP contribution in [-0.2, 0) is 6.54 Å². The summed E-state index contributed by atoms with van der Waals surface area (Å²) in [5.41, 5.74) is 1.27. The fourth-order valence-corrected chi connectivity index (χ4v) is 2.59. The Kier molecular flexibility index (Phi) is 3.47. The SMILES string of the molecule is O=[N+]([O-])c1ccc2ccn(Cc3ccc(Br)cc3F)c2c1. The van der Waals surface area contributed by atoms with E-state index >= 15 is 0 Å². The van der Waals surface area contributed by atoms with E-state index in [9.17, 15) is 14.5 Å². The van der Waals surface area contributed by atoms with E-state index in [2.05, 4.69) is 15.9 Å². The number of rotatable bonds is 3. The fraction of sp³-hybridized carbons (Fsp3) is 0.0667. The average molecular weight is 349 g/mol. The first-order chi connectivity index (χ1) is 10.0. The molecule has 0 fully saturated rings. The smallest absolute Gasteiger partial charge is 0.271 e. The number of benzene rings is 2. The molecule has 0 radical (unpaired) electrons. The number of fused-ring (bicyclic) bond motifs is 1. The second-order valence-electron chi connectivity index (χ2n) is 4.68. The van der Waals surface area contributed by atoms with Crippen LogP contribution in [0.15, 0.2) is 53.1 Å². The molecule has 3 rings (SSSR count). The monoisotopic (exact) mass is 348 g/mol. The van der Waals surface area contributed by atoms with Gasteiger partial charge in [0.25, 0.3) is 5.69 Å². The van der Waals surface area contributed by atoms with Gasteiger partial charge in [-0.05, 0) is 24.3 Å². The number of halogens is 2. The van der Waals surface area contributed by atoms with Crippen LogP contribution in [-0.4, -0.2) is 9.49 Å². The van der Waals surface area contributed by atoms with Crippen LogP contribution in [0.2, 0.25) is 0 Å². The molecule has 1 aromatic heterocycles. The summed E-state index contributed by atoms with van der Waals surface area (Å²) >= 11 is 3.22. The first-order valence-corrected chi connectivity index (χ1v) is 7.01. The highest BCUT2D eigenvalue weighted by atomic mass is 79.9. The van der Waals surface area contributed by atoms with Gasteiger partial charge in [0, 0.05) is 33.8 Å². The number of aromatic nitrogens is 1. The van der Waals surface area contributed by atoms with Gasteiger partial charge in [-0.3, -0.25) is 10.1 Å². The van der Waals surface area contributed by atoms with Crippen molar-refractivity contribution in [2.75, 3.05) is 0 Å². The second-order valence-corrected chi connectivity index (χ2v) is 5.60. The third-order valence-electron chi connectivity index (χ3n) is 3.32. The molecule has 0 bridgehead atoms. The minimum absolute atomic E-state index is 0.0266. The molecule has 3 aromatic rings. The lowest BCUT2D eigenvalue weighted by Gasteiger charge is -2.07. The molecule has 0 aliphatic carbocycles. The second kappa shape index (κ2) is 5.29. The molecular formula is C15H10BrFN2O2. The largest absolute Gasteiger partial charge is 0.343 e. The third kappa shape index (κ3) is 2.67. The lowest BCUT2D eigenvalue weighted by molar-refractivity contribution is -0.384. The van der Waals surface area contributed by atoms with Crippen molar-refractivity contribution in [1.82, 2.24) is 4.57 Å². The van der Waals surface area contributed by atoms with Gasteiger partial charge < -0.3 is 4.57 Å². The average Bonchev–Trinajstić information content (AvgIpc) is 2.84. The number of nitro groups is 1. The molecule has 6 heteroatoms. The maximum absolute atomic E-state index is 13.9. The molecule has 4 nitrogen and oxygen atoms in total. The molecule has 0 unspecified atom stereocenters. The van der Waals surface area contributed by atoms with Gasteiger partial charge in [0.1, 0.15) is 5.82 Å². The van der Waals surface area contributed by atoms with Crippen LogP contribution in [0.25, 0.3) is 10.9 Å². The standard InChI is InChI=1S/C15H10BrFN2O2/c16-12-3-1-11(14(17)7-12)9-18-6-5-10-2-4-13(19(20)21)8-15(10)18/h1-8H,9H2. The number of nitro benzene ring substituents is 1. The Balaban J connectivity index is 2.04. The Hall–Kier alpha value is -2.21. The third-order valence-corrected chi connectivity index (χ3v) is 3.82. The van der Waals surface area contributed by atoms with E-state index < -0.39 is 4.92 Å². The summed E-state index contributed by atoms with van der Waals surface area (Å²) in [5, 5.41) is 11.7. The molecule has 2 aromatic carbocycles. The maximum Gasteiger partial charge on any atom is 0.271 e. The van der Waals surface area contributed by atoms with Crippen molar-refractivity contribution in [1.29, 1.82) is 0 Å². The van der Waals surface area contributed by atoms with E-state index in [1.54, 1.807) is 29.0 Å². The molecule has 0 N–H and O–H groups in total. The van der Waals surface area contributed by atoms with Crippen LogP contribution < -0.4 is 0 Å². The lowest BCUT2D eigenvalue weighted by atomic mass is 10.2. The van der Waals surface area contributed by atoms with E-state index in [1.165, 1.54) is 18.2 Å². The van der Waals surface area contributed by atoms with E-state index in [4.69, 9.17) is 0 Å². The van der Waals surface area contributed by atoms with Crippen molar-refractivity contribution >= 4 is 32.5 Å². The highest BCUT2D eigenvalue weighted by molar-refractivity contribution is 9.10. The number of hydrogen-bond acceptors (Lipinski definition) is 2. The number of hydrogen-bond donors (Lipinski definition) is 0. The predicted molar refractivity (Wildman–Crippen MR) is 81.8 cm³/mol. The summed E-state index contributed by atoms with van der Waals surface area (Å²) in [5.74, 6) is -0.309. The topological polar surface area (TPSA) is 48.1 Å². The minimum Gasteiger partial charge on any atom is -0.343 e. The summed E-state index contributed by atoms with van der Waals surface area (Å²) in [6.45, 7) is 0.323. The molecule has 0 aliphatic rings. The minimum atomic E-state index is -0.434. The highest BCUT2D eigenvalue weighted by Gasteiger charge is 2.10. The van der Waals surface area contributed by atoms with Gasteiger partial charge in [0.2, 0.25) is 0 Å². The van der Waals surface area contributed by atoms with E-state index in [0.29, 0.717) is 22.1 Å². The first kappa shape index (κ1) is 13.8. The summed E-state index contributed by atoms with van der Waals surface area (Å²) in [7, 11) is 0. The molecule has 0 saturated heterocycles. The Morgan fingerprint density at radius 1 is 1.19 bits per heavy atom. The van der Waals surface area contributed by atoms with Gasteiger partial charge in [-0.25, -0.2) is 4.39 Å². The van der Waals surface area contributed by atoms with E-state index in [0.717, 1.165) is 5.39 Å². The molecule has 21 heavy (non-hydrogen) atoms. The van der Waals surface area contributed by atoms with Gasteiger partial charge in [-0.1, -0.05) is 22.0 Å². The van der Waals surface area contributed by atoms with Crippen molar-refractivity contribution in [3.63, 3.8) is 0 Å². The normalized spacial score (nSPS) is 11.0. The van der Waals surface area contributed by atoms with Crippen molar-refractivity contribution in [3.05, 3.63) is 74.6 Å². The van der Waals surface area contributed by atoms with Crippen LogP contribution in [0.4, 0.5) is 10.1 Å². The highest BCUT2D eigenvalue weighted by Crippen LogP contribution is 2.24. The Bertz CT molecular complexity index is 845. The van der Waals surface area contributed by atoms with Crippen molar-refractivity contribution in [3.8, 4) is 0 Å².